The smallest absolute Gasteiger partial charge is 0.220 e. The number of hydrogen-bond donors (Lipinski definition) is 0. The first kappa shape index (κ1) is 10.2. The third-order valence-electron chi connectivity index (χ3n) is 1.97. The van der Waals surface area contributed by atoms with Gasteiger partial charge in [-0.3, -0.25) is 0 Å². The van der Waals surface area contributed by atoms with E-state index in [0.29, 0.717) is 10.0 Å². The fraction of sp³-hybridized carbons (Fsp3) is 0. The molecule has 0 radical (unpaired) electrons. The summed E-state index contributed by atoms with van der Waals surface area (Å²) in [5, 5.41) is 0. The van der Waals surface area contributed by atoms with E-state index in [0.717, 1.165) is 12.3 Å². The van der Waals surface area contributed by atoms with Crippen LogP contribution in [0.2, 0.25) is 0 Å². The van der Waals surface area contributed by atoms with Crippen LogP contribution in [0.3, 0.4) is 0 Å². The van der Waals surface area contributed by atoms with Gasteiger partial charge < -0.3 is 0 Å². The van der Waals surface area contributed by atoms with Crippen LogP contribution in [-0.4, -0.2) is 4.98 Å². The van der Waals surface area contributed by atoms with Crippen LogP contribution in [0.25, 0.3) is 11.1 Å². The number of nitrogens with zero attached hydrogens (tertiary/aromatic N) is 1. The van der Waals surface area contributed by atoms with Crippen LogP contribution in [-0.2, 0) is 0 Å². The molecule has 76 valence electrons. The highest BCUT2D eigenvalue weighted by atomic mass is 79.9. The van der Waals surface area contributed by atoms with Crippen molar-refractivity contribution in [2.75, 3.05) is 0 Å². The molecule has 0 atom stereocenters. The van der Waals surface area contributed by atoms with Crippen LogP contribution >= 0.6 is 15.9 Å². The molecule has 1 aromatic carbocycles. The Morgan fingerprint density at radius 2 is 1.80 bits per heavy atom. The molecule has 0 fully saturated rings. The van der Waals surface area contributed by atoms with Gasteiger partial charge in [0.05, 0.1) is 6.20 Å². The van der Waals surface area contributed by atoms with E-state index in [2.05, 4.69) is 20.9 Å². The van der Waals surface area contributed by atoms with E-state index in [1.54, 1.807) is 24.3 Å². The summed E-state index contributed by atoms with van der Waals surface area (Å²) in [6.45, 7) is 0. The first-order chi connectivity index (χ1) is 7.18. The quantitative estimate of drug-likeness (QED) is 0.718. The molecule has 0 saturated heterocycles. The monoisotopic (exact) mass is 269 g/mol. The molecule has 2 aromatic rings. The molecule has 1 nitrogen and oxygen atoms in total. The van der Waals surface area contributed by atoms with Gasteiger partial charge in [-0.25, -0.2) is 9.37 Å². The second-order valence-corrected chi connectivity index (χ2v) is 3.83. The topological polar surface area (TPSA) is 12.9 Å². The van der Waals surface area contributed by atoms with Crippen molar-refractivity contribution in [2.45, 2.75) is 0 Å². The lowest BCUT2D eigenvalue weighted by atomic mass is 10.1. The Morgan fingerprint density at radius 3 is 2.53 bits per heavy atom. The minimum Gasteiger partial charge on any atom is -0.225 e. The highest BCUT2D eigenvalue weighted by Gasteiger charge is 2.10. The fourth-order valence-electron chi connectivity index (χ4n) is 1.29. The van der Waals surface area contributed by atoms with Crippen LogP contribution in [0.5, 0.6) is 0 Å². The maximum atomic E-state index is 13.3. The molecule has 1 heterocycles. The zero-order valence-corrected chi connectivity index (χ0v) is 9.13. The molecule has 0 aliphatic carbocycles. The van der Waals surface area contributed by atoms with Crippen molar-refractivity contribution in [3.8, 4) is 11.1 Å². The van der Waals surface area contributed by atoms with Crippen molar-refractivity contribution < 1.29 is 8.78 Å². The second-order valence-electron chi connectivity index (χ2n) is 2.97. The molecule has 0 aliphatic rings. The maximum absolute atomic E-state index is 13.3. The summed E-state index contributed by atoms with van der Waals surface area (Å²) in [7, 11) is 0. The molecule has 0 unspecified atom stereocenters. The second kappa shape index (κ2) is 4.06. The minimum atomic E-state index is -0.678. The Labute approximate surface area is 93.9 Å². The number of halogens is 3. The average molecular weight is 270 g/mol. The Morgan fingerprint density at radius 1 is 1.07 bits per heavy atom. The zero-order valence-electron chi connectivity index (χ0n) is 7.55. The van der Waals surface area contributed by atoms with Gasteiger partial charge in [-0.05, 0) is 12.1 Å². The molecule has 0 spiro atoms. The average Bonchev–Trinajstić information content (AvgIpc) is 2.23. The number of pyridine rings is 1. The largest absolute Gasteiger partial charge is 0.225 e. The summed E-state index contributed by atoms with van der Waals surface area (Å²) < 4.78 is 27.0. The first-order valence-corrected chi connectivity index (χ1v) is 5.04. The molecule has 0 N–H and O–H groups in total. The summed E-state index contributed by atoms with van der Waals surface area (Å²) in [5.74, 6) is -1.23. The van der Waals surface area contributed by atoms with Crippen molar-refractivity contribution in [1.29, 1.82) is 0 Å². The Bertz CT molecular complexity index is 500. The predicted octanol–water partition coefficient (Wildman–Crippen LogP) is 3.79. The van der Waals surface area contributed by atoms with Gasteiger partial charge in [-0.2, -0.15) is 4.39 Å². The van der Waals surface area contributed by atoms with Gasteiger partial charge in [0.1, 0.15) is 5.82 Å². The normalized spacial score (nSPS) is 10.3. The summed E-state index contributed by atoms with van der Waals surface area (Å²) >= 11 is 3.27. The van der Waals surface area contributed by atoms with Crippen LogP contribution < -0.4 is 0 Å². The number of rotatable bonds is 1. The van der Waals surface area contributed by atoms with Crippen molar-refractivity contribution >= 4 is 15.9 Å². The lowest BCUT2D eigenvalue weighted by molar-refractivity contribution is 0.563. The van der Waals surface area contributed by atoms with Crippen molar-refractivity contribution in [1.82, 2.24) is 4.98 Å². The highest BCUT2D eigenvalue weighted by molar-refractivity contribution is 9.10. The molecule has 15 heavy (non-hydrogen) atoms. The van der Waals surface area contributed by atoms with Gasteiger partial charge >= 0.3 is 0 Å². The molecule has 0 amide bonds. The number of benzene rings is 1. The third-order valence-corrected chi connectivity index (χ3v) is 2.66. The summed E-state index contributed by atoms with van der Waals surface area (Å²) in [6, 6.07) is 8.15. The van der Waals surface area contributed by atoms with Crippen molar-refractivity contribution in [3.63, 3.8) is 0 Å². The molecule has 0 aliphatic heterocycles. The highest BCUT2D eigenvalue weighted by Crippen LogP contribution is 2.29. The molecule has 0 saturated carbocycles. The van der Waals surface area contributed by atoms with Crippen LogP contribution in [0.15, 0.2) is 41.0 Å². The molecule has 2 rings (SSSR count). The van der Waals surface area contributed by atoms with E-state index in [-0.39, 0.29) is 5.56 Å². The van der Waals surface area contributed by atoms with Gasteiger partial charge in [0.25, 0.3) is 0 Å². The number of hydrogen-bond acceptors (Lipinski definition) is 1. The molecule has 0 bridgehead atoms. The van der Waals surface area contributed by atoms with Gasteiger partial charge in [0.2, 0.25) is 5.95 Å². The van der Waals surface area contributed by atoms with Crippen LogP contribution in [0.1, 0.15) is 0 Å². The molecule has 1 aromatic heterocycles. The van der Waals surface area contributed by atoms with Crippen molar-refractivity contribution in [3.05, 3.63) is 52.8 Å². The van der Waals surface area contributed by atoms with E-state index in [4.69, 9.17) is 0 Å². The lowest BCUT2D eigenvalue weighted by Gasteiger charge is -2.04. The fourth-order valence-corrected chi connectivity index (χ4v) is 1.79. The summed E-state index contributed by atoms with van der Waals surface area (Å²) in [5.41, 5.74) is 0.740. The Kier molecular flexibility index (Phi) is 2.77. The standard InChI is InChI=1S/C11H6BrF2N/c12-10-4-2-1-3-8(10)9-5-7(13)6-15-11(9)14/h1-6H. The van der Waals surface area contributed by atoms with Crippen LogP contribution in [0.4, 0.5) is 8.78 Å². The van der Waals surface area contributed by atoms with Gasteiger partial charge in [0.15, 0.2) is 0 Å². The van der Waals surface area contributed by atoms with E-state index in [1.165, 1.54) is 0 Å². The van der Waals surface area contributed by atoms with Gasteiger partial charge in [0, 0.05) is 15.6 Å². The third kappa shape index (κ3) is 2.04. The van der Waals surface area contributed by atoms with E-state index in [9.17, 15) is 8.78 Å². The van der Waals surface area contributed by atoms with Crippen LogP contribution in [0, 0.1) is 11.8 Å². The maximum Gasteiger partial charge on any atom is 0.220 e. The number of aromatic nitrogens is 1. The van der Waals surface area contributed by atoms with E-state index in [1.807, 2.05) is 0 Å². The molecule has 4 heteroatoms. The van der Waals surface area contributed by atoms with E-state index < -0.39 is 11.8 Å². The minimum absolute atomic E-state index is 0.155. The van der Waals surface area contributed by atoms with Crippen molar-refractivity contribution in [2.24, 2.45) is 0 Å². The SMILES string of the molecule is Fc1cnc(F)c(-c2ccccc2Br)c1. The summed E-state index contributed by atoms with van der Waals surface area (Å²) in [4.78, 5) is 3.33. The molecular weight excluding hydrogens is 264 g/mol. The zero-order chi connectivity index (χ0) is 10.8. The van der Waals surface area contributed by atoms with Gasteiger partial charge in [-0.15, -0.1) is 0 Å². The first-order valence-electron chi connectivity index (χ1n) is 4.24. The lowest BCUT2D eigenvalue weighted by Crippen LogP contribution is -1.91. The van der Waals surface area contributed by atoms with Gasteiger partial charge in [-0.1, -0.05) is 34.1 Å². The molecular formula is C11H6BrF2N. The van der Waals surface area contributed by atoms with E-state index >= 15 is 0 Å². The predicted molar refractivity (Wildman–Crippen MR) is 57.3 cm³/mol. The summed E-state index contributed by atoms with van der Waals surface area (Å²) in [6.07, 6.45) is 0.857. The Hall–Kier alpha value is -1.29. The Balaban J connectivity index is 2.64.